The molecule has 0 bridgehead atoms. The lowest BCUT2D eigenvalue weighted by Crippen LogP contribution is -2.64. The van der Waals surface area contributed by atoms with E-state index in [2.05, 4.69) is 4.90 Å². The van der Waals surface area contributed by atoms with Gasteiger partial charge in [-0.1, -0.05) is 0 Å². The van der Waals surface area contributed by atoms with Gasteiger partial charge in [-0.2, -0.15) is 24.5 Å². The lowest BCUT2D eigenvalue weighted by molar-refractivity contribution is -0.145. The maximum absolute atomic E-state index is 13.2. The topological polar surface area (TPSA) is 15.7 Å². The Morgan fingerprint density at radius 2 is 2.08 bits per heavy atom. The predicted molar refractivity (Wildman–Crippen MR) is 97.8 cm³/mol. The standard InChI is InChI=1S/C19H27F3N2OS/c1-25-17-6-14(7-17)10-23-12-18(13-23)3-4-24(15-2-5-26-11-15)16(8-18)9-19(20,21)22/h2,5,11,14,16-17H,3-4,6-10,12-13H2,1H3. The molecule has 0 N–H and O–H groups in total. The molecule has 2 aliphatic heterocycles. The molecule has 3 heterocycles. The van der Waals surface area contributed by atoms with Gasteiger partial charge < -0.3 is 14.5 Å². The number of thiophene rings is 1. The molecule has 1 aliphatic carbocycles. The molecule has 146 valence electrons. The number of rotatable bonds is 5. The van der Waals surface area contributed by atoms with Crippen molar-refractivity contribution in [1.82, 2.24) is 4.90 Å². The first-order chi connectivity index (χ1) is 12.4. The molecular formula is C19H27F3N2OS. The molecular weight excluding hydrogens is 361 g/mol. The fraction of sp³-hybridized carbons (Fsp3) is 0.789. The smallest absolute Gasteiger partial charge is 0.381 e. The van der Waals surface area contributed by atoms with E-state index >= 15 is 0 Å². The number of likely N-dealkylation sites (tertiary alicyclic amines) is 1. The minimum Gasteiger partial charge on any atom is -0.381 e. The summed E-state index contributed by atoms with van der Waals surface area (Å²) in [5.74, 6) is 0.703. The summed E-state index contributed by atoms with van der Waals surface area (Å²) in [6.45, 7) is 3.75. The second kappa shape index (κ2) is 6.99. The molecule has 0 radical (unpaired) electrons. The molecule has 1 aromatic heterocycles. The Labute approximate surface area is 157 Å². The van der Waals surface area contributed by atoms with Gasteiger partial charge in [0, 0.05) is 50.4 Å². The Morgan fingerprint density at radius 3 is 2.69 bits per heavy atom. The highest BCUT2D eigenvalue weighted by molar-refractivity contribution is 7.08. The molecule has 1 unspecified atom stereocenters. The highest BCUT2D eigenvalue weighted by Gasteiger charge is 2.50. The summed E-state index contributed by atoms with van der Waals surface area (Å²) in [5, 5.41) is 3.92. The number of nitrogens with zero attached hydrogens (tertiary/aromatic N) is 2. The van der Waals surface area contributed by atoms with Crippen molar-refractivity contribution in [2.45, 2.75) is 50.4 Å². The Morgan fingerprint density at radius 1 is 1.31 bits per heavy atom. The van der Waals surface area contributed by atoms with E-state index in [1.54, 1.807) is 18.4 Å². The largest absolute Gasteiger partial charge is 0.391 e. The van der Waals surface area contributed by atoms with Crippen molar-refractivity contribution < 1.29 is 17.9 Å². The zero-order valence-corrected chi connectivity index (χ0v) is 16.0. The fourth-order valence-corrected chi connectivity index (χ4v) is 5.81. The van der Waals surface area contributed by atoms with E-state index < -0.39 is 18.6 Å². The van der Waals surface area contributed by atoms with Gasteiger partial charge in [0.25, 0.3) is 0 Å². The van der Waals surface area contributed by atoms with Crippen LogP contribution in [0.2, 0.25) is 0 Å². The van der Waals surface area contributed by atoms with E-state index in [-0.39, 0.29) is 5.41 Å². The van der Waals surface area contributed by atoms with Gasteiger partial charge in [0.2, 0.25) is 0 Å². The lowest BCUT2D eigenvalue weighted by Gasteiger charge is -2.58. The van der Waals surface area contributed by atoms with Crippen molar-refractivity contribution in [3.63, 3.8) is 0 Å². The molecule has 1 spiro atoms. The molecule has 2 saturated heterocycles. The van der Waals surface area contributed by atoms with Gasteiger partial charge in [0.05, 0.1) is 12.5 Å². The number of halogens is 3. The summed E-state index contributed by atoms with van der Waals surface area (Å²) < 4.78 is 44.8. The second-order valence-corrected chi connectivity index (χ2v) is 9.25. The lowest BCUT2D eigenvalue weighted by atomic mass is 9.68. The molecule has 4 rings (SSSR count). The van der Waals surface area contributed by atoms with Gasteiger partial charge in [-0.05, 0) is 48.5 Å². The number of piperidine rings is 1. The van der Waals surface area contributed by atoms with Crippen LogP contribution >= 0.6 is 11.3 Å². The normalized spacial score (nSPS) is 31.7. The molecule has 0 aromatic carbocycles. The number of alkyl halides is 3. The first-order valence-corrected chi connectivity index (χ1v) is 10.4. The summed E-state index contributed by atoms with van der Waals surface area (Å²) in [6.07, 6.45) is -0.487. The summed E-state index contributed by atoms with van der Waals surface area (Å²) in [4.78, 5) is 4.44. The van der Waals surface area contributed by atoms with Crippen molar-refractivity contribution >= 4 is 17.0 Å². The van der Waals surface area contributed by atoms with E-state index in [1.807, 2.05) is 21.7 Å². The maximum Gasteiger partial charge on any atom is 0.391 e. The molecule has 3 aliphatic rings. The third-order valence-electron chi connectivity index (χ3n) is 6.46. The Balaban J connectivity index is 1.35. The van der Waals surface area contributed by atoms with E-state index in [1.165, 1.54) is 0 Å². The van der Waals surface area contributed by atoms with Crippen molar-refractivity contribution in [1.29, 1.82) is 0 Å². The van der Waals surface area contributed by atoms with Crippen LogP contribution in [0.4, 0.5) is 18.9 Å². The average molecular weight is 388 g/mol. The zero-order valence-electron chi connectivity index (χ0n) is 15.2. The Kier molecular flexibility index (Phi) is 4.99. The van der Waals surface area contributed by atoms with Crippen molar-refractivity contribution in [3.05, 3.63) is 16.8 Å². The molecule has 3 fully saturated rings. The van der Waals surface area contributed by atoms with E-state index in [0.717, 1.165) is 51.1 Å². The quantitative estimate of drug-likeness (QED) is 0.744. The SMILES string of the molecule is COC1CC(CN2CC3(CCN(c4ccsc4)C(CC(F)(F)F)C3)C2)C1. The van der Waals surface area contributed by atoms with Gasteiger partial charge in [-0.3, -0.25) is 0 Å². The summed E-state index contributed by atoms with van der Waals surface area (Å²) in [7, 11) is 1.77. The number of anilines is 1. The van der Waals surface area contributed by atoms with Crippen LogP contribution in [0.25, 0.3) is 0 Å². The third-order valence-corrected chi connectivity index (χ3v) is 7.13. The van der Waals surface area contributed by atoms with Crippen LogP contribution in [0.5, 0.6) is 0 Å². The first kappa shape index (κ1) is 18.6. The first-order valence-electron chi connectivity index (χ1n) is 9.47. The van der Waals surface area contributed by atoms with Crippen LogP contribution in [-0.4, -0.2) is 56.5 Å². The summed E-state index contributed by atoms with van der Waals surface area (Å²) >= 11 is 1.55. The molecule has 3 nitrogen and oxygen atoms in total. The number of ether oxygens (including phenoxy) is 1. The van der Waals surface area contributed by atoms with Crippen LogP contribution in [0.3, 0.4) is 0 Å². The second-order valence-electron chi connectivity index (χ2n) is 8.47. The van der Waals surface area contributed by atoms with Gasteiger partial charge in [-0.15, -0.1) is 0 Å². The monoisotopic (exact) mass is 388 g/mol. The van der Waals surface area contributed by atoms with Crippen molar-refractivity contribution in [2.75, 3.05) is 38.2 Å². The maximum atomic E-state index is 13.2. The molecule has 0 amide bonds. The van der Waals surface area contributed by atoms with Crippen LogP contribution in [0, 0.1) is 11.3 Å². The van der Waals surface area contributed by atoms with Crippen LogP contribution in [-0.2, 0) is 4.74 Å². The van der Waals surface area contributed by atoms with Crippen LogP contribution in [0.15, 0.2) is 16.8 Å². The van der Waals surface area contributed by atoms with E-state index in [4.69, 9.17) is 4.74 Å². The van der Waals surface area contributed by atoms with Gasteiger partial charge >= 0.3 is 6.18 Å². The molecule has 7 heteroatoms. The van der Waals surface area contributed by atoms with Gasteiger partial charge in [0.15, 0.2) is 0 Å². The number of hydrogen-bond acceptors (Lipinski definition) is 4. The number of hydrogen-bond donors (Lipinski definition) is 0. The highest BCUT2D eigenvalue weighted by atomic mass is 32.1. The summed E-state index contributed by atoms with van der Waals surface area (Å²) in [5.41, 5.74) is 1.04. The van der Waals surface area contributed by atoms with Crippen LogP contribution < -0.4 is 4.90 Å². The molecule has 1 aromatic rings. The van der Waals surface area contributed by atoms with Gasteiger partial charge in [-0.25, -0.2) is 0 Å². The zero-order chi connectivity index (χ0) is 18.4. The minimum absolute atomic E-state index is 0.0901. The van der Waals surface area contributed by atoms with Crippen LogP contribution in [0.1, 0.15) is 32.1 Å². The molecule has 1 atom stereocenters. The van der Waals surface area contributed by atoms with Gasteiger partial charge in [0.1, 0.15) is 0 Å². The van der Waals surface area contributed by atoms with Crippen molar-refractivity contribution in [3.8, 4) is 0 Å². The fourth-order valence-electron chi connectivity index (χ4n) is 5.16. The number of methoxy groups -OCH3 is 1. The van der Waals surface area contributed by atoms with E-state index in [0.29, 0.717) is 18.4 Å². The predicted octanol–water partition coefficient (Wildman–Crippen LogP) is 4.40. The minimum atomic E-state index is -4.11. The molecule has 1 saturated carbocycles. The Hall–Kier alpha value is -0.790. The molecule has 26 heavy (non-hydrogen) atoms. The third kappa shape index (κ3) is 3.90. The summed E-state index contributed by atoms with van der Waals surface area (Å²) in [6, 6.07) is 1.52. The van der Waals surface area contributed by atoms with E-state index in [9.17, 15) is 13.2 Å². The van der Waals surface area contributed by atoms with Crippen molar-refractivity contribution in [2.24, 2.45) is 11.3 Å². The Bertz CT molecular complexity index is 594. The average Bonchev–Trinajstić information content (AvgIpc) is 3.01. The highest BCUT2D eigenvalue weighted by Crippen LogP contribution is 2.47.